The van der Waals surface area contributed by atoms with Crippen molar-refractivity contribution >= 4 is 12.1 Å². The highest BCUT2D eigenvalue weighted by Crippen LogP contribution is 2.36. The molecule has 1 saturated heterocycles. The van der Waals surface area contributed by atoms with Gasteiger partial charge in [0.25, 0.3) is 0 Å². The molecular formula is C33H55NO8. The second-order valence-corrected chi connectivity index (χ2v) is 12.8. The summed E-state index contributed by atoms with van der Waals surface area (Å²) < 4.78 is 25.1. The quantitative estimate of drug-likeness (QED) is 0.115. The predicted octanol–water partition coefficient (Wildman–Crippen LogP) is 4.84. The lowest BCUT2D eigenvalue weighted by Gasteiger charge is -2.32. The Bertz CT molecular complexity index is 1000. The Morgan fingerprint density at radius 2 is 2.00 bits per heavy atom. The third-order valence-electron chi connectivity index (χ3n) is 8.16. The molecule has 0 aromatic heterocycles. The third kappa shape index (κ3) is 11.8. The summed E-state index contributed by atoms with van der Waals surface area (Å²) in [7, 11) is 0. The maximum atomic E-state index is 12.7. The van der Waals surface area contributed by atoms with E-state index in [0.717, 1.165) is 12.0 Å². The molecule has 0 aromatic rings. The van der Waals surface area contributed by atoms with Gasteiger partial charge in [0.05, 0.1) is 30.8 Å². The summed E-state index contributed by atoms with van der Waals surface area (Å²) in [4.78, 5) is 25.2. The Balaban J connectivity index is 2.16. The van der Waals surface area contributed by atoms with E-state index in [4.69, 9.17) is 15.6 Å². The summed E-state index contributed by atoms with van der Waals surface area (Å²) >= 11 is 0. The van der Waals surface area contributed by atoms with Gasteiger partial charge in [0.1, 0.15) is 11.7 Å². The van der Waals surface area contributed by atoms with Crippen LogP contribution in [0.25, 0.3) is 0 Å². The molecule has 1 fully saturated rings. The molecule has 0 radical (unpaired) electrons. The Hall–Kier alpha value is -2.20. The molecule has 2 heterocycles. The number of epoxide rings is 1. The number of alkyl carbamates (subject to hydrolysis) is 1. The van der Waals surface area contributed by atoms with Crippen LogP contribution in [0.15, 0.2) is 36.0 Å². The number of esters is 1. The minimum Gasteiger partial charge on any atom is -0.457 e. The number of ether oxygens (including phenoxy) is 3. The zero-order chi connectivity index (χ0) is 32.5. The molecule has 9 heteroatoms. The Kier molecular flexibility index (Phi) is 13.5. The molecule has 1 amide bonds. The molecule has 42 heavy (non-hydrogen) atoms. The van der Waals surface area contributed by atoms with E-state index >= 15 is 0 Å². The average molecular weight is 596 g/mol. The molecule has 10 unspecified atom stereocenters. The van der Waals surface area contributed by atoms with Crippen LogP contribution >= 0.6 is 0 Å². The lowest BCUT2D eigenvalue weighted by Crippen LogP contribution is -2.44. The second kappa shape index (κ2) is 16.6. The van der Waals surface area contributed by atoms with Gasteiger partial charge in [0, 0.05) is 19.8 Å². The molecule has 0 bridgehead atoms. The summed E-state index contributed by atoms with van der Waals surface area (Å²) in [6.45, 7) is 14.8. The van der Waals surface area contributed by atoms with Crippen LogP contribution in [0, 0.1) is 23.6 Å². The van der Waals surface area contributed by atoms with Crippen LogP contribution in [0.4, 0.5) is 4.79 Å². The van der Waals surface area contributed by atoms with Gasteiger partial charge in [0.15, 0.2) is 6.10 Å². The fourth-order valence-corrected chi connectivity index (χ4v) is 5.19. The standard InChI is InChI=1S/C33H55NO8/c1-9-26(36)24(7)31-27(40-31)17-21(4)11-10-12-22(5)30-23(6)13-14-28(41-32(38)34-19-20(2)3)33(8,39)16-15-25(35)18-29(37)42-30/h10-14,20-21,23-28,30-31,35-36,39H,9,15-19H2,1-8H3,(H,34,38)/b11-10+,14-13+,22-12+/i20T. The minimum absolute atomic E-state index is 0.0725. The smallest absolute Gasteiger partial charge is 0.407 e. The van der Waals surface area contributed by atoms with Gasteiger partial charge < -0.3 is 34.8 Å². The third-order valence-corrected chi connectivity index (χ3v) is 8.16. The highest BCUT2D eigenvalue weighted by atomic mass is 16.6. The second-order valence-electron chi connectivity index (χ2n) is 12.8. The summed E-state index contributed by atoms with van der Waals surface area (Å²) in [5.41, 5.74) is -0.718. The maximum Gasteiger partial charge on any atom is 0.407 e. The molecule has 4 N–H and O–H groups in total. The first kappa shape index (κ1) is 34.3. The van der Waals surface area contributed by atoms with Gasteiger partial charge in [-0.3, -0.25) is 4.79 Å². The number of hydrogen-bond acceptors (Lipinski definition) is 8. The van der Waals surface area contributed by atoms with Crippen molar-refractivity contribution in [3.63, 3.8) is 0 Å². The number of aliphatic hydroxyl groups is 3. The van der Waals surface area contributed by atoms with E-state index in [1.165, 1.54) is 6.92 Å². The van der Waals surface area contributed by atoms with E-state index in [2.05, 4.69) is 18.3 Å². The van der Waals surface area contributed by atoms with Crippen LogP contribution < -0.4 is 5.32 Å². The highest BCUT2D eigenvalue weighted by molar-refractivity contribution is 5.70. The minimum atomic E-state index is -1.51. The normalized spacial score (nSPS) is 34.7. The molecule has 9 nitrogen and oxygen atoms in total. The number of allylic oxidation sites excluding steroid dienone is 3. The first-order chi connectivity index (χ1) is 19.9. The molecule has 2 aliphatic heterocycles. The van der Waals surface area contributed by atoms with Crippen molar-refractivity contribution in [3.05, 3.63) is 36.0 Å². The number of cyclic esters (lactones) is 1. The zero-order valence-corrected chi connectivity index (χ0v) is 26.7. The zero-order valence-electron chi connectivity index (χ0n) is 27.7. The van der Waals surface area contributed by atoms with Crippen LogP contribution in [0.5, 0.6) is 0 Å². The number of amides is 1. The number of carbonyl (C=O) groups excluding carboxylic acids is 2. The van der Waals surface area contributed by atoms with E-state index in [9.17, 15) is 24.9 Å². The summed E-state index contributed by atoms with van der Waals surface area (Å²) in [5, 5.41) is 34.3. The molecule has 0 aliphatic carbocycles. The molecule has 0 aromatic carbocycles. The van der Waals surface area contributed by atoms with Gasteiger partial charge in [-0.1, -0.05) is 65.8 Å². The van der Waals surface area contributed by atoms with Crippen molar-refractivity contribution in [2.45, 2.75) is 130 Å². The van der Waals surface area contributed by atoms with Gasteiger partial charge in [-0.25, -0.2) is 4.79 Å². The monoisotopic (exact) mass is 595 g/mol. The molecule has 240 valence electrons. The fourth-order valence-electron chi connectivity index (χ4n) is 5.19. The van der Waals surface area contributed by atoms with Crippen LogP contribution in [-0.2, 0) is 19.0 Å². The Labute approximate surface area is 253 Å². The summed E-state index contributed by atoms with van der Waals surface area (Å²) in [6.07, 6.45) is 7.18. The van der Waals surface area contributed by atoms with Gasteiger partial charge in [0.2, 0.25) is 0 Å². The summed E-state index contributed by atoms with van der Waals surface area (Å²) in [5.74, 6) is -1.42. The highest BCUT2D eigenvalue weighted by Gasteiger charge is 2.45. The van der Waals surface area contributed by atoms with Gasteiger partial charge in [-0.2, -0.15) is 0 Å². The van der Waals surface area contributed by atoms with Crippen LogP contribution in [0.1, 0.15) is 88.9 Å². The Morgan fingerprint density at radius 1 is 1.31 bits per heavy atom. The van der Waals surface area contributed by atoms with Crippen LogP contribution in [0.3, 0.4) is 0 Å². The topological polar surface area (TPSA) is 138 Å². The molecule has 0 spiro atoms. The van der Waals surface area contributed by atoms with Gasteiger partial charge in [-0.15, -0.1) is 0 Å². The van der Waals surface area contributed by atoms with Crippen molar-refractivity contribution in [1.29, 1.82) is 0 Å². The van der Waals surface area contributed by atoms with E-state index < -0.39 is 41.9 Å². The van der Waals surface area contributed by atoms with Crippen LogP contribution in [-0.4, -0.2) is 76.2 Å². The van der Waals surface area contributed by atoms with E-state index in [1.54, 1.807) is 26.0 Å². The van der Waals surface area contributed by atoms with E-state index in [0.29, 0.717) is 6.42 Å². The van der Waals surface area contributed by atoms with Crippen molar-refractivity contribution < 1.29 is 40.5 Å². The maximum absolute atomic E-state index is 12.7. The fraction of sp³-hybridized carbons (Fsp3) is 0.758. The van der Waals surface area contributed by atoms with Crippen LogP contribution in [0.2, 0.25) is 0 Å². The first-order valence-corrected chi connectivity index (χ1v) is 15.3. The molecule has 2 rings (SSSR count). The van der Waals surface area contributed by atoms with Crippen molar-refractivity contribution in [1.82, 2.24) is 5.32 Å². The average Bonchev–Trinajstić information content (AvgIpc) is 3.68. The number of rotatable bonds is 11. The number of carbonyl (C=O) groups is 2. The Morgan fingerprint density at radius 3 is 2.64 bits per heavy atom. The lowest BCUT2D eigenvalue weighted by molar-refractivity contribution is -0.151. The first-order valence-electron chi connectivity index (χ1n) is 15.8. The molecule has 2 aliphatic rings. The van der Waals surface area contributed by atoms with Gasteiger partial charge in [-0.05, 0) is 63.0 Å². The predicted molar refractivity (Wildman–Crippen MR) is 163 cm³/mol. The summed E-state index contributed by atoms with van der Waals surface area (Å²) in [6, 6.07) is 0. The van der Waals surface area contributed by atoms with Crippen molar-refractivity contribution in [2.24, 2.45) is 23.6 Å². The number of hydrogen-bond donors (Lipinski definition) is 4. The molecule has 10 atom stereocenters. The largest absolute Gasteiger partial charge is 0.457 e. The molecule has 0 saturated carbocycles. The van der Waals surface area contributed by atoms with Crippen molar-refractivity contribution in [2.75, 3.05) is 6.54 Å². The molecular weight excluding hydrogens is 538 g/mol. The van der Waals surface area contributed by atoms with Gasteiger partial charge >= 0.3 is 12.1 Å². The van der Waals surface area contributed by atoms with Crippen molar-refractivity contribution in [3.8, 4) is 0 Å². The van der Waals surface area contributed by atoms with E-state index in [-0.39, 0.29) is 61.9 Å². The lowest BCUT2D eigenvalue weighted by atomic mass is 9.88. The van der Waals surface area contributed by atoms with E-state index in [1.807, 2.05) is 39.8 Å². The SMILES string of the molecule is [3H]C(C)(C)CNC(=O)OC1/C=C/C(C)C(/C(C)=C/C=C/C(C)CC2OC2C(C)C(O)CC)OC(=O)CC(O)CCC1(C)O. The number of nitrogens with one attached hydrogen (secondary N) is 1. The number of aliphatic hydroxyl groups excluding tert-OH is 2.